The number of carbonyl (C=O) groups excluding carboxylic acids is 2. The van der Waals surface area contributed by atoms with Gasteiger partial charge in [0.25, 0.3) is 5.91 Å². The molecule has 0 radical (unpaired) electrons. The maximum atomic E-state index is 12.7. The lowest BCUT2D eigenvalue weighted by Crippen LogP contribution is -2.41. The molecule has 1 amide bonds. The van der Waals surface area contributed by atoms with E-state index in [1.54, 1.807) is 29.1 Å². The van der Waals surface area contributed by atoms with Gasteiger partial charge in [-0.05, 0) is 52.7 Å². The van der Waals surface area contributed by atoms with E-state index in [4.69, 9.17) is 19.8 Å². The number of aromatic nitrogens is 2. The fraction of sp³-hybridized carbons (Fsp3) is 0.520. The Hall–Kier alpha value is -3.36. The molecule has 1 aliphatic heterocycles. The summed E-state index contributed by atoms with van der Waals surface area (Å²) in [5, 5.41) is 17.4. The lowest BCUT2D eigenvalue weighted by atomic mass is 9.74. The molecule has 0 spiro atoms. The highest BCUT2D eigenvalue weighted by atomic mass is 16.7. The SMILES string of the molecule is COC(=O)c1cccc(Nc2nn(C3CCCCC3C#N)cc2C(N)=O)c1B1OC(C)(C)C(C)(C)O1. The Morgan fingerprint density at radius 2 is 1.86 bits per heavy atom. The van der Waals surface area contributed by atoms with Crippen LogP contribution in [-0.2, 0) is 14.0 Å². The average Bonchev–Trinajstić information content (AvgIpc) is 3.35. The Kier molecular flexibility index (Phi) is 6.86. The lowest BCUT2D eigenvalue weighted by molar-refractivity contribution is 0.00578. The fourth-order valence-corrected chi connectivity index (χ4v) is 4.72. The van der Waals surface area contributed by atoms with Crippen LogP contribution in [0.25, 0.3) is 0 Å². The van der Waals surface area contributed by atoms with Crippen LogP contribution in [0.2, 0.25) is 0 Å². The van der Waals surface area contributed by atoms with Crippen LogP contribution in [-0.4, -0.2) is 47.1 Å². The molecule has 10 nitrogen and oxygen atoms in total. The molecule has 36 heavy (non-hydrogen) atoms. The molecule has 1 aromatic heterocycles. The van der Waals surface area contributed by atoms with E-state index in [1.165, 1.54) is 7.11 Å². The van der Waals surface area contributed by atoms with Gasteiger partial charge in [0.2, 0.25) is 0 Å². The first-order chi connectivity index (χ1) is 17.0. The number of amides is 1. The Bertz CT molecular complexity index is 1200. The third kappa shape index (κ3) is 4.58. The first-order valence-corrected chi connectivity index (χ1v) is 12.1. The fourth-order valence-electron chi connectivity index (χ4n) is 4.72. The number of hydrogen-bond donors (Lipinski definition) is 2. The minimum atomic E-state index is -0.881. The Labute approximate surface area is 211 Å². The van der Waals surface area contributed by atoms with Crippen molar-refractivity contribution < 1.29 is 23.6 Å². The topological polar surface area (TPSA) is 141 Å². The van der Waals surface area contributed by atoms with Crippen LogP contribution in [0, 0.1) is 17.2 Å². The number of methoxy groups -OCH3 is 1. The number of primary amides is 1. The molecule has 3 N–H and O–H groups in total. The quantitative estimate of drug-likeness (QED) is 0.462. The molecule has 4 rings (SSSR count). The van der Waals surface area contributed by atoms with Crippen molar-refractivity contribution in [1.29, 1.82) is 5.26 Å². The normalized spacial score (nSPS) is 22.6. The van der Waals surface area contributed by atoms with Gasteiger partial charge in [-0.2, -0.15) is 10.4 Å². The smallest absolute Gasteiger partial charge is 0.465 e. The van der Waals surface area contributed by atoms with E-state index in [2.05, 4.69) is 16.5 Å². The van der Waals surface area contributed by atoms with Crippen molar-refractivity contribution in [3.63, 3.8) is 0 Å². The van der Waals surface area contributed by atoms with Crippen LogP contribution in [0.1, 0.15) is 80.1 Å². The van der Waals surface area contributed by atoms with Crippen molar-refractivity contribution >= 4 is 36.0 Å². The highest BCUT2D eigenvalue weighted by Gasteiger charge is 2.53. The summed E-state index contributed by atoms with van der Waals surface area (Å²) in [6, 6.07) is 7.28. The molecule has 11 heteroatoms. The highest BCUT2D eigenvalue weighted by molar-refractivity contribution is 6.65. The largest absolute Gasteiger partial charge is 0.497 e. The average molecular weight is 493 g/mol. The van der Waals surface area contributed by atoms with Crippen molar-refractivity contribution in [2.45, 2.75) is 70.6 Å². The first kappa shape index (κ1) is 25.7. The van der Waals surface area contributed by atoms with E-state index in [0.29, 0.717) is 11.2 Å². The second-order valence-electron chi connectivity index (χ2n) is 10.3. The summed E-state index contributed by atoms with van der Waals surface area (Å²) in [6.45, 7) is 7.68. The molecule has 1 saturated heterocycles. The molecule has 1 aliphatic carbocycles. The number of rotatable bonds is 6. The van der Waals surface area contributed by atoms with E-state index in [-0.39, 0.29) is 28.9 Å². The maximum absolute atomic E-state index is 12.7. The van der Waals surface area contributed by atoms with Crippen molar-refractivity contribution in [2.75, 3.05) is 12.4 Å². The van der Waals surface area contributed by atoms with Crippen LogP contribution in [0.5, 0.6) is 0 Å². The number of nitrogens with two attached hydrogens (primary N) is 1. The molecule has 1 saturated carbocycles. The van der Waals surface area contributed by atoms with Crippen molar-refractivity contribution in [3.8, 4) is 6.07 Å². The van der Waals surface area contributed by atoms with Gasteiger partial charge < -0.3 is 25.1 Å². The number of nitrogens with one attached hydrogen (secondary N) is 1. The van der Waals surface area contributed by atoms with E-state index >= 15 is 0 Å². The van der Waals surface area contributed by atoms with E-state index in [1.807, 2.05) is 27.7 Å². The van der Waals surface area contributed by atoms with E-state index in [9.17, 15) is 14.9 Å². The van der Waals surface area contributed by atoms with Crippen LogP contribution >= 0.6 is 0 Å². The first-order valence-electron chi connectivity index (χ1n) is 12.1. The Morgan fingerprint density at radius 3 is 2.47 bits per heavy atom. The molecular formula is C25H32BN5O5. The van der Waals surface area contributed by atoms with Gasteiger partial charge in [0.1, 0.15) is 5.56 Å². The molecule has 2 atom stereocenters. The number of anilines is 2. The molecule has 2 heterocycles. The van der Waals surface area contributed by atoms with Gasteiger partial charge in [0.05, 0.1) is 41.9 Å². The van der Waals surface area contributed by atoms with E-state index < -0.39 is 30.2 Å². The summed E-state index contributed by atoms with van der Waals surface area (Å²) in [7, 11) is 0.423. The summed E-state index contributed by atoms with van der Waals surface area (Å²) in [4.78, 5) is 25.0. The van der Waals surface area contributed by atoms with Crippen molar-refractivity contribution in [2.24, 2.45) is 11.7 Å². The summed E-state index contributed by atoms with van der Waals surface area (Å²) in [5.74, 6) is -1.18. The summed E-state index contributed by atoms with van der Waals surface area (Å²) in [6.07, 6.45) is 5.12. The van der Waals surface area contributed by atoms with Gasteiger partial charge in [0.15, 0.2) is 5.82 Å². The predicted molar refractivity (Wildman–Crippen MR) is 134 cm³/mol. The molecule has 2 aromatic rings. The van der Waals surface area contributed by atoms with Gasteiger partial charge in [-0.3, -0.25) is 9.48 Å². The van der Waals surface area contributed by atoms with Crippen LogP contribution < -0.4 is 16.5 Å². The lowest BCUT2D eigenvalue weighted by Gasteiger charge is -2.32. The molecular weight excluding hydrogens is 461 g/mol. The van der Waals surface area contributed by atoms with Gasteiger partial charge in [-0.15, -0.1) is 0 Å². The Balaban J connectivity index is 1.78. The third-order valence-corrected chi connectivity index (χ3v) is 7.49. The standard InChI is InChI=1S/C25H32BN5O5/c1-24(2)25(3,4)36-26(35-24)20-16(23(33)34-5)10-8-11-18(20)29-22-17(21(28)32)14-31(30-22)19-12-7-6-9-15(19)13-27/h8,10-11,14-15,19H,6-7,9,12H2,1-5H3,(H2,28,32)(H,29,30). The van der Waals surface area contributed by atoms with Gasteiger partial charge in [0, 0.05) is 17.3 Å². The second-order valence-corrected chi connectivity index (χ2v) is 10.3. The minimum absolute atomic E-state index is 0.152. The summed E-state index contributed by atoms with van der Waals surface area (Å²) < 4.78 is 19.2. The van der Waals surface area contributed by atoms with Crippen molar-refractivity contribution in [1.82, 2.24) is 9.78 Å². The number of hydrogen-bond acceptors (Lipinski definition) is 8. The monoisotopic (exact) mass is 493 g/mol. The third-order valence-electron chi connectivity index (χ3n) is 7.49. The summed E-state index contributed by atoms with van der Waals surface area (Å²) >= 11 is 0. The number of benzene rings is 1. The molecule has 2 unspecified atom stereocenters. The molecule has 2 aliphatic rings. The maximum Gasteiger partial charge on any atom is 0.497 e. The molecule has 190 valence electrons. The van der Waals surface area contributed by atoms with Crippen LogP contribution in [0.4, 0.5) is 11.5 Å². The molecule has 0 bridgehead atoms. The highest BCUT2D eigenvalue weighted by Crippen LogP contribution is 2.38. The summed E-state index contributed by atoms with van der Waals surface area (Å²) in [5.41, 5.74) is 5.73. The zero-order chi connectivity index (χ0) is 26.3. The predicted octanol–water partition coefficient (Wildman–Crippen LogP) is 3.07. The number of nitrogens with zero attached hydrogens (tertiary/aromatic N) is 3. The zero-order valence-corrected chi connectivity index (χ0v) is 21.3. The van der Waals surface area contributed by atoms with Crippen LogP contribution in [0.15, 0.2) is 24.4 Å². The second kappa shape index (κ2) is 9.60. The zero-order valence-electron chi connectivity index (χ0n) is 21.3. The van der Waals surface area contributed by atoms with Gasteiger partial charge in [-0.25, -0.2) is 4.79 Å². The van der Waals surface area contributed by atoms with Crippen molar-refractivity contribution in [3.05, 3.63) is 35.5 Å². The van der Waals surface area contributed by atoms with Gasteiger partial charge in [-0.1, -0.05) is 18.9 Å². The van der Waals surface area contributed by atoms with Crippen LogP contribution in [0.3, 0.4) is 0 Å². The van der Waals surface area contributed by atoms with E-state index in [0.717, 1.165) is 25.7 Å². The number of ether oxygens (including phenoxy) is 1. The number of nitriles is 1. The number of carbonyl (C=O) groups is 2. The molecule has 1 aromatic carbocycles. The van der Waals surface area contributed by atoms with Gasteiger partial charge >= 0.3 is 13.1 Å². The Morgan fingerprint density at radius 1 is 1.19 bits per heavy atom. The number of esters is 1. The molecule has 2 fully saturated rings. The minimum Gasteiger partial charge on any atom is -0.465 e.